The Balaban J connectivity index is 1.70. The van der Waals surface area contributed by atoms with Crippen LogP contribution in [0.2, 0.25) is 5.02 Å². The molecule has 0 heterocycles. The molecule has 3 aromatic rings. The van der Waals surface area contributed by atoms with E-state index in [1.54, 1.807) is 0 Å². The molecule has 0 saturated heterocycles. The molecule has 0 bridgehead atoms. The Morgan fingerprint density at radius 1 is 1.00 bits per heavy atom. The van der Waals surface area contributed by atoms with Gasteiger partial charge in [-0.15, -0.1) is 0 Å². The molecule has 0 spiro atoms. The maximum atomic E-state index is 11.4. The molecule has 28 heavy (non-hydrogen) atoms. The number of anilines is 2. The van der Waals surface area contributed by atoms with Crippen LogP contribution in [0.3, 0.4) is 0 Å². The number of nitro groups is 1. The molecule has 0 unspecified atom stereocenters. The van der Waals surface area contributed by atoms with Crippen molar-refractivity contribution in [1.82, 2.24) is 0 Å². The van der Waals surface area contributed by atoms with Crippen molar-refractivity contribution in [2.24, 2.45) is 0 Å². The summed E-state index contributed by atoms with van der Waals surface area (Å²) in [5, 5.41) is 23.9. The molecule has 2 N–H and O–H groups in total. The summed E-state index contributed by atoms with van der Waals surface area (Å²) >= 11 is 6.00. The number of carboxylic acid groups (broad SMARTS) is 1. The first-order valence-electron chi connectivity index (χ1n) is 8.54. The Morgan fingerprint density at radius 2 is 1.71 bits per heavy atom. The van der Waals surface area contributed by atoms with Gasteiger partial charge in [-0.05, 0) is 54.3 Å². The maximum Gasteiger partial charge on any atom is 0.338 e. The lowest BCUT2D eigenvalue weighted by atomic mass is 10.0. The second kappa shape index (κ2) is 8.54. The van der Waals surface area contributed by atoms with Gasteiger partial charge in [0.2, 0.25) is 0 Å². The highest BCUT2D eigenvalue weighted by Gasteiger charge is 2.16. The van der Waals surface area contributed by atoms with Crippen molar-refractivity contribution in [2.75, 3.05) is 5.32 Å². The number of aromatic carboxylic acids is 1. The van der Waals surface area contributed by atoms with Crippen LogP contribution in [0.25, 0.3) is 0 Å². The van der Waals surface area contributed by atoms with E-state index in [1.165, 1.54) is 12.1 Å². The van der Waals surface area contributed by atoms with Gasteiger partial charge in [0.1, 0.15) is 0 Å². The molecule has 0 aliphatic carbocycles. The highest BCUT2D eigenvalue weighted by molar-refractivity contribution is 6.30. The third kappa shape index (κ3) is 4.86. The van der Waals surface area contributed by atoms with E-state index < -0.39 is 10.9 Å². The smallest absolute Gasteiger partial charge is 0.338 e. The van der Waals surface area contributed by atoms with Gasteiger partial charge >= 0.3 is 5.97 Å². The zero-order chi connectivity index (χ0) is 20.1. The summed E-state index contributed by atoms with van der Waals surface area (Å²) < 4.78 is 0. The van der Waals surface area contributed by atoms with Gasteiger partial charge in [-0.2, -0.15) is 0 Å². The first kappa shape index (κ1) is 19.4. The lowest BCUT2D eigenvalue weighted by Gasteiger charge is -2.10. The number of non-ortho nitro benzene ring substituents is 1. The molecule has 6 nitrogen and oxygen atoms in total. The van der Waals surface area contributed by atoms with Crippen molar-refractivity contribution < 1.29 is 14.8 Å². The highest BCUT2D eigenvalue weighted by Crippen LogP contribution is 2.26. The van der Waals surface area contributed by atoms with E-state index in [4.69, 9.17) is 11.6 Å². The second-order valence-electron chi connectivity index (χ2n) is 6.24. The fraction of sp³-hybridized carbons (Fsp3) is 0.0952. The van der Waals surface area contributed by atoms with Crippen LogP contribution in [0, 0.1) is 10.1 Å². The quantitative estimate of drug-likeness (QED) is 0.407. The predicted molar refractivity (Wildman–Crippen MR) is 109 cm³/mol. The van der Waals surface area contributed by atoms with Gasteiger partial charge in [0, 0.05) is 22.8 Å². The average Bonchev–Trinajstić information content (AvgIpc) is 2.67. The van der Waals surface area contributed by atoms with Gasteiger partial charge in [-0.25, -0.2) is 4.79 Å². The second-order valence-corrected chi connectivity index (χ2v) is 6.68. The van der Waals surface area contributed by atoms with Crippen LogP contribution >= 0.6 is 11.6 Å². The summed E-state index contributed by atoms with van der Waals surface area (Å²) in [6, 6.07) is 19.1. The topological polar surface area (TPSA) is 92.5 Å². The van der Waals surface area contributed by atoms with Crippen molar-refractivity contribution in [2.45, 2.75) is 12.8 Å². The number of benzene rings is 3. The van der Waals surface area contributed by atoms with Crippen LogP contribution < -0.4 is 5.32 Å². The van der Waals surface area contributed by atoms with Crippen molar-refractivity contribution in [3.05, 3.63) is 98.6 Å². The molecular weight excluding hydrogens is 380 g/mol. The van der Waals surface area contributed by atoms with Gasteiger partial charge in [-0.3, -0.25) is 10.1 Å². The molecule has 0 saturated carbocycles. The van der Waals surface area contributed by atoms with Gasteiger partial charge < -0.3 is 10.4 Å². The molecule has 142 valence electrons. The molecule has 0 aliphatic rings. The van der Waals surface area contributed by atoms with Gasteiger partial charge in [0.25, 0.3) is 5.69 Å². The van der Waals surface area contributed by atoms with Gasteiger partial charge in [-0.1, -0.05) is 35.9 Å². The van der Waals surface area contributed by atoms with E-state index in [0.717, 1.165) is 35.1 Å². The molecule has 0 radical (unpaired) electrons. The zero-order valence-electron chi connectivity index (χ0n) is 14.8. The van der Waals surface area contributed by atoms with E-state index in [9.17, 15) is 20.0 Å². The molecular formula is C21H17ClN2O4. The first-order chi connectivity index (χ1) is 13.4. The monoisotopic (exact) mass is 396 g/mol. The molecule has 0 atom stereocenters. The van der Waals surface area contributed by atoms with Crippen molar-refractivity contribution in [3.63, 3.8) is 0 Å². The van der Waals surface area contributed by atoms with E-state index in [1.807, 2.05) is 48.5 Å². The summed E-state index contributed by atoms with van der Waals surface area (Å²) in [6.07, 6.45) is 1.71. The number of halogens is 1. The summed E-state index contributed by atoms with van der Waals surface area (Å²) in [6.45, 7) is 0. The molecule has 3 rings (SSSR count). The largest absolute Gasteiger partial charge is 0.478 e. The van der Waals surface area contributed by atoms with Crippen LogP contribution in [-0.2, 0) is 12.8 Å². The van der Waals surface area contributed by atoms with Crippen molar-refractivity contribution >= 4 is 34.6 Å². The lowest BCUT2D eigenvalue weighted by Crippen LogP contribution is -2.04. The number of hydrogen-bond acceptors (Lipinski definition) is 4. The Morgan fingerprint density at radius 3 is 2.36 bits per heavy atom. The average molecular weight is 397 g/mol. The number of nitro benzene ring substituents is 1. The van der Waals surface area contributed by atoms with Gasteiger partial charge in [0.15, 0.2) is 0 Å². The minimum atomic E-state index is -1.23. The van der Waals surface area contributed by atoms with Crippen LogP contribution in [0.5, 0.6) is 0 Å². The SMILES string of the molecule is O=C(O)c1cc([N+](=O)[O-])ccc1Nc1ccc(CCc2cccc(Cl)c2)cc1. The van der Waals surface area contributed by atoms with E-state index >= 15 is 0 Å². The molecule has 0 aromatic heterocycles. The number of carboxylic acids is 1. The van der Waals surface area contributed by atoms with E-state index in [-0.39, 0.29) is 11.3 Å². The fourth-order valence-corrected chi connectivity index (χ4v) is 3.04. The lowest BCUT2D eigenvalue weighted by molar-refractivity contribution is -0.384. The summed E-state index contributed by atoms with van der Waals surface area (Å²) in [7, 11) is 0. The number of nitrogens with one attached hydrogen (secondary N) is 1. The molecule has 3 aromatic carbocycles. The third-order valence-electron chi connectivity index (χ3n) is 4.27. The number of rotatable bonds is 7. The fourth-order valence-electron chi connectivity index (χ4n) is 2.82. The van der Waals surface area contributed by atoms with Crippen LogP contribution in [0.4, 0.5) is 17.1 Å². The minimum absolute atomic E-state index is 0.153. The predicted octanol–water partition coefficient (Wildman–Crippen LogP) is 5.48. The standard InChI is InChI=1S/C21H17ClN2O4/c22-16-3-1-2-15(12-16)5-4-14-6-8-17(9-7-14)23-20-11-10-18(24(27)28)13-19(20)21(25)26/h1-3,6-13,23H,4-5H2,(H,25,26). The number of hydrogen-bond donors (Lipinski definition) is 2. The molecule has 0 amide bonds. The van der Waals surface area contributed by atoms with Crippen LogP contribution in [0.1, 0.15) is 21.5 Å². The van der Waals surface area contributed by atoms with E-state index in [2.05, 4.69) is 5.32 Å². The maximum absolute atomic E-state index is 11.4. The molecule has 0 fully saturated rings. The van der Waals surface area contributed by atoms with E-state index in [0.29, 0.717) is 11.4 Å². The summed E-state index contributed by atoms with van der Waals surface area (Å²) in [5.41, 5.74) is 2.87. The highest BCUT2D eigenvalue weighted by atomic mass is 35.5. The Kier molecular flexibility index (Phi) is 5.91. The Labute approximate surface area is 166 Å². The number of nitrogens with zero attached hydrogens (tertiary/aromatic N) is 1. The number of aryl methyl sites for hydroxylation is 2. The van der Waals surface area contributed by atoms with Gasteiger partial charge in [0.05, 0.1) is 16.2 Å². The number of carbonyl (C=O) groups is 1. The zero-order valence-corrected chi connectivity index (χ0v) is 15.5. The Bertz CT molecular complexity index is 1020. The van der Waals surface area contributed by atoms with Crippen molar-refractivity contribution in [1.29, 1.82) is 0 Å². The van der Waals surface area contributed by atoms with Crippen LogP contribution in [0.15, 0.2) is 66.7 Å². The van der Waals surface area contributed by atoms with Crippen molar-refractivity contribution in [3.8, 4) is 0 Å². The third-order valence-corrected chi connectivity index (χ3v) is 4.50. The normalized spacial score (nSPS) is 10.5. The minimum Gasteiger partial charge on any atom is -0.478 e. The molecule has 7 heteroatoms. The first-order valence-corrected chi connectivity index (χ1v) is 8.92. The van der Waals surface area contributed by atoms with Crippen LogP contribution in [-0.4, -0.2) is 16.0 Å². The summed E-state index contributed by atoms with van der Waals surface area (Å²) in [4.78, 5) is 21.6. The molecule has 0 aliphatic heterocycles. The summed E-state index contributed by atoms with van der Waals surface area (Å²) in [5.74, 6) is -1.23. The Hall–Kier alpha value is -3.38.